The first kappa shape index (κ1) is 8.63. The summed E-state index contributed by atoms with van der Waals surface area (Å²) >= 11 is 1.42. The number of carbonyl (C=O) groups excluding carboxylic acids is 2. The van der Waals surface area contributed by atoms with E-state index in [-0.39, 0.29) is 17.5 Å². The van der Waals surface area contributed by atoms with Crippen LogP contribution >= 0.6 is 11.3 Å². The van der Waals surface area contributed by atoms with Crippen LogP contribution in [0, 0.1) is 5.92 Å². The molecule has 1 fully saturated rings. The van der Waals surface area contributed by atoms with Gasteiger partial charge in [0.25, 0.3) is 0 Å². The molecule has 1 atom stereocenters. The van der Waals surface area contributed by atoms with Crippen molar-refractivity contribution in [1.29, 1.82) is 0 Å². The lowest BCUT2D eigenvalue weighted by Crippen LogP contribution is -2.17. The highest BCUT2D eigenvalue weighted by molar-refractivity contribution is 7.12. The molecule has 3 heteroatoms. The Kier molecular flexibility index (Phi) is 2.27. The first-order valence-electron chi connectivity index (χ1n) is 4.39. The third-order valence-electron chi connectivity index (χ3n) is 2.39. The van der Waals surface area contributed by atoms with Gasteiger partial charge in [0.15, 0.2) is 5.78 Å². The first-order chi connectivity index (χ1) is 6.29. The fraction of sp³-hybridized carbons (Fsp3) is 0.400. The van der Waals surface area contributed by atoms with Crippen LogP contribution in [0.25, 0.3) is 0 Å². The molecule has 1 aliphatic carbocycles. The van der Waals surface area contributed by atoms with Gasteiger partial charge in [-0.25, -0.2) is 0 Å². The topological polar surface area (TPSA) is 34.1 Å². The molecule has 1 aromatic rings. The summed E-state index contributed by atoms with van der Waals surface area (Å²) in [4.78, 5) is 23.7. The van der Waals surface area contributed by atoms with Gasteiger partial charge >= 0.3 is 0 Å². The van der Waals surface area contributed by atoms with E-state index in [1.54, 1.807) is 6.07 Å². The van der Waals surface area contributed by atoms with Gasteiger partial charge in [-0.1, -0.05) is 6.07 Å². The fourth-order valence-corrected chi connectivity index (χ4v) is 2.40. The summed E-state index contributed by atoms with van der Waals surface area (Å²) in [6, 6.07) is 3.63. The van der Waals surface area contributed by atoms with E-state index in [1.165, 1.54) is 11.3 Å². The Hall–Kier alpha value is -0.960. The van der Waals surface area contributed by atoms with Gasteiger partial charge in [-0.2, -0.15) is 0 Å². The molecule has 1 heterocycles. The number of thiophene rings is 1. The van der Waals surface area contributed by atoms with Crippen molar-refractivity contribution in [2.24, 2.45) is 5.92 Å². The summed E-state index contributed by atoms with van der Waals surface area (Å²) in [7, 11) is 0. The summed E-state index contributed by atoms with van der Waals surface area (Å²) in [5.74, 6) is -0.186. The van der Waals surface area contributed by atoms with E-state index in [1.807, 2.05) is 11.4 Å². The van der Waals surface area contributed by atoms with Gasteiger partial charge in [-0.15, -0.1) is 11.3 Å². The van der Waals surface area contributed by atoms with Gasteiger partial charge in [0.05, 0.1) is 10.8 Å². The minimum atomic E-state index is -0.335. The van der Waals surface area contributed by atoms with Crippen LogP contribution in [0.3, 0.4) is 0 Å². The maximum atomic E-state index is 11.7. The highest BCUT2D eigenvalue weighted by Gasteiger charge is 2.31. The molecule has 2 nitrogen and oxygen atoms in total. The Bertz CT molecular complexity index is 327. The Morgan fingerprint density at radius 2 is 2.38 bits per heavy atom. The summed E-state index contributed by atoms with van der Waals surface area (Å²) in [5, 5.41) is 1.87. The lowest BCUT2D eigenvalue weighted by molar-refractivity contribution is -0.119. The van der Waals surface area contributed by atoms with Gasteiger partial charge in [-0.05, 0) is 24.3 Å². The van der Waals surface area contributed by atoms with Crippen molar-refractivity contribution in [3.8, 4) is 0 Å². The van der Waals surface area contributed by atoms with Gasteiger partial charge in [0.2, 0.25) is 0 Å². The third kappa shape index (κ3) is 1.56. The molecule has 1 unspecified atom stereocenters. The maximum Gasteiger partial charge on any atom is 0.183 e. The molecule has 0 aromatic carbocycles. The van der Waals surface area contributed by atoms with Crippen molar-refractivity contribution in [2.75, 3.05) is 0 Å². The zero-order chi connectivity index (χ0) is 9.26. The van der Waals surface area contributed by atoms with Gasteiger partial charge in [0, 0.05) is 6.42 Å². The lowest BCUT2D eigenvalue weighted by Gasteiger charge is -2.03. The van der Waals surface area contributed by atoms with Crippen LogP contribution in [0.15, 0.2) is 17.5 Å². The first-order valence-corrected chi connectivity index (χ1v) is 5.27. The second-order valence-corrected chi connectivity index (χ2v) is 4.20. The van der Waals surface area contributed by atoms with Crippen molar-refractivity contribution in [3.05, 3.63) is 22.4 Å². The van der Waals surface area contributed by atoms with Crippen molar-refractivity contribution in [3.63, 3.8) is 0 Å². The smallest absolute Gasteiger partial charge is 0.183 e. The molecular formula is C10H10O2S. The number of carbonyl (C=O) groups is 2. The van der Waals surface area contributed by atoms with E-state index in [9.17, 15) is 9.59 Å². The maximum absolute atomic E-state index is 11.7. The van der Waals surface area contributed by atoms with Crippen molar-refractivity contribution in [1.82, 2.24) is 0 Å². The summed E-state index contributed by atoms with van der Waals surface area (Å²) in [5.41, 5.74) is 0. The fourth-order valence-electron chi connectivity index (χ4n) is 1.68. The number of ketones is 2. The molecule has 0 amide bonds. The van der Waals surface area contributed by atoms with Crippen LogP contribution in [0.4, 0.5) is 0 Å². The SMILES string of the molecule is O=C1CCCC1C(=O)c1cccs1. The van der Waals surface area contributed by atoms with Crippen LogP contribution in [0.1, 0.15) is 28.9 Å². The van der Waals surface area contributed by atoms with Gasteiger partial charge in [-0.3, -0.25) is 9.59 Å². The second-order valence-electron chi connectivity index (χ2n) is 3.25. The molecule has 0 bridgehead atoms. The normalized spacial score (nSPS) is 22.2. The molecule has 13 heavy (non-hydrogen) atoms. The van der Waals surface area contributed by atoms with E-state index in [0.717, 1.165) is 17.7 Å². The van der Waals surface area contributed by atoms with Crippen LogP contribution in [-0.2, 0) is 4.79 Å². The largest absolute Gasteiger partial charge is 0.299 e. The molecule has 0 aliphatic heterocycles. The number of hydrogen-bond acceptors (Lipinski definition) is 3. The van der Waals surface area contributed by atoms with E-state index >= 15 is 0 Å². The van der Waals surface area contributed by atoms with Crippen LogP contribution in [0.2, 0.25) is 0 Å². The van der Waals surface area contributed by atoms with Gasteiger partial charge < -0.3 is 0 Å². The second kappa shape index (κ2) is 3.42. The average Bonchev–Trinajstić information content (AvgIpc) is 2.72. The zero-order valence-corrected chi connectivity index (χ0v) is 7.97. The Morgan fingerprint density at radius 3 is 2.92 bits per heavy atom. The van der Waals surface area contributed by atoms with E-state index in [2.05, 4.69) is 0 Å². The summed E-state index contributed by atoms with van der Waals surface area (Å²) < 4.78 is 0. The molecular weight excluding hydrogens is 184 g/mol. The zero-order valence-electron chi connectivity index (χ0n) is 7.16. The molecule has 0 saturated heterocycles. The highest BCUT2D eigenvalue weighted by Crippen LogP contribution is 2.26. The van der Waals surface area contributed by atoms with Crippen molar-refractivity contribution in [2.45, 2.75) is 19.3 Å². The monoisotopic (exact) mass is 194 g/mol. The summed E-state index contributed by atoms with van der Waals surface area (Å²) in [6.45, 7) is 0. The standard InChI is InChI=1S/C10H10O2S/c11-8-4-1-3-7(8)10(12)9-5-2-6-13-9/h2,5-7H,1,3-4H2. The number of Topliss-reactive ketones (excluding diaryl/α,β-unsaturated/α-hetero) is 2. The third-order valence-corrected chi connectivity index (χ3v) is 3.27. The van der Waals surface area contributed by atoms with E-state index < -0.39 is 0 Å². The highest BCUT2D eigenvalue weighted by atomic mass is 32.1. The predicted molar refractivity (Wildman–Crippen MR) is 51.0 cm³/mol. The van der Waals surface area contributed by atoms with E-state index in [0.29, 0.717) is 6.42 Å². The Labute approximate surface area is 80.6 Å². The average molecular weight is 194 g/mol. The molecule has 0 radical (unpaired) electrons. The molecule has 68 valence electrons. The molecule has 2 rings (SSSR count). The van der Waals surface area contributed by atoms with E-state index in [4.69, 9.17) is 0 Å². The van der Waals surface area contributed by atoms with Crippen molar-refractivity contribution < 1.29 is 9.59 Å². The van der Waals surface area contributed by atoms with Crippen molar-refractivity contribution >= 4 is 22.9 Å². The quantitative estimate of drug-likeness (QED) is 0.534. The molecule has 1 saturated carbocycles. The number of rotatable bonds is 2. The van der Waals surface area contributed by atoms with Crippen LogP contribution in [-0.4, -0.2) is 11.6 Å². The number of hydrogen-bond donors (Lipinski definition) is 0. The predicted octanol–water partition coefficient (Wildman–Crippen LogP) is 2.30. The molecule has 0 spiro atoms. The van der Waals surface area contributed by atoms with Crippen LogP contribution in [0.5, 0.6) is 0 Å². The molecule has 1 aliphatic rings. The minimum absolute atomic E-state index is 0.0255. The minimum Gasteiger partial charge on any atom is -0.299 e. The summed E-state index contributed by atoms with van der Waals surface area (Å²) in [6.07, 6.45) is 2.21. The van der Waals surface area contributed by atoms with Gasteiger partial charge in [0.1, 0.15) is 5.78 Å². The lowest BCUT2D eigenvalue weighted by atomic mass is 10.0. The Morgan fingerprint density at radius 1 is 1.54 bits per heavy atom. The van der Waals surface area contributed by atoms with Crippen LogP contribution < -0.4 is 0 Å². The molecule has 1 aromatic heterocycles. The molecule has 0 N–H and O–H groups in total. The Balaban J connectivity index is 2.18.